The van der Waals surface area contributed by atoms with Crippen LogP contribution < -0.4 is 24.3 Å². The van der Waals surface area contributed by atoms with E-state index in [9.17, 15) is 4.79 Å². The standard InChI is InChI=1S/C20H16ClNO5S/c1-24-16-4-2-13(7-15(16)21)22-20(23)19-6-12(10-28-19)9-25-14-3-5-17-18(8-14)27-11-26-17/h2-8,10H,9,11H2,1H3,(H,22,23). The Labute approximate surface area is 170 Å². The minimum atomic E-state index is -0.208. The molecule has 0 saturated heterocycles. The number of anilines is 1. The molecule has 0 spiro atoms. The highest BCUT2D eigenvalue weighted by atomic mass is 35.5. The van der Waals surface area contributed by atoms with Crippen molar-refractivity contribution in [3.05, 3.63) is 63.3 Å². The fourth-order valence-corrected chi connectivity index (χ4v) is 3.69. The second-order valence-electron chi connectivity index (χ2n) is 5.93. The highest BCUT2D eigenvalue weighted by Crippen LogP contribution is 2.35. The summed E-state index contributed by atoms with van der Waals surface area (Å²) in [4.78, 5) is 13.0. The molecule has 0 atom stereocenters. The van der Waals surface area contributed by atoms with Gasteiger partial charge in [0.1, 0.15) is 18.1 Å². The van der Waals surface area contributed by atoms with Crippen LogP contribution in [0.2, 0.25) is 5.02 Å². The molecule has 28 heavy (non-hydrogen) atoms. The number of thiophene rings is 1. The molecule has 0 unspecified atom stereocenters. The molecular formula is C20H16ClNO5S. The van der Waals surface area contributed by atoms with Crippen LogP contribution in [0, 0.1) is 0 Å². The smallest absolute Gasteiger partial charge is 0.265 e. The van der Waals surface area contributed by atoms with Crippen LogP contribution in [0.5, 0.6) is 23.0 Å². The average Bonchev–Trinajstić information content (AvgIpc) is 3.35. The quantitative estimate of drug-likeness (QED) is 0.613. The Morgan fingerprint density at radius 2 is 2.04 bits per heavy atom. The van der Waals surface area contributed by atoms with E-state index >= 15 is 0 Å². The van der Waals surface area contributed by atoms with E-state index in [0.717, 1.165) is 5.56 Å². The lowest BCUT2D eigenvalue weighted by atomic mass is 10.2. The fraction of sp³-hybridized carbons (Fsp3) is 0.150. The summed E-state index contributed by atoms with van der Waals surface area (Å²) >= 11 is 7.44. The first-order chi connectivity index (χ1) is 13.6. The van der Waals surface area contributed by atoms with Crippen molar-refractivity contribution < 1.29 is 23.7 Å². The van der Waals surface area contributed by atoms with Gasteiger partial charge in [-0.05, 0) is 41.8 Å². The molecule has 1 aliphatic rings. The van der Waals surface area contributed by atoms with Crippen molar-refractivity contribution in [3.8, 4) is 23.0 Å². The maximum Gasteiger partial charge on any atom is 0.265 e. The topological polar surface area (TPSA) is 66.0 Å². The molecule has 4 rings (SSSR count). The molecule has 144 valence electrons. The van der Waals surface area contributed by atoms with E-state index in [2.05, 4.69) is 5.32 Å². The number of amides is 1. The van der Waals surface area contributed by atoms with Crippen LogP contribution in [0.3, 0.4) is 0 Å². The number of hydrogen-bond acceptors (Lipinski definition) is 6. The summed E-state index contributed by atoms with van der Waals surface area (Å²) in [7, 11) is 1.54. The second-order valence-corrected chi connectivity index (χ2v) is 7.24. The number of methoxy groups -OCH3 is 1. The minimum Gasteiger partial charge on any atom is -0.495 e. The monoisotopic (exact) mass is 417 g/mol. The second kappa shape index (κ2) is 8.00. The van der Waals surface area contributed by atoms with Crippen LogP contribution in [0.25, 0.3) is 0 Å². The first-order valence-corrected chi connectivity index (χ1v) is 9.63. The van der Waals surface area contributed by atoms with Gasteiger partial charge in [0.15, 0.2) is 11.5 Å². The summed E-state index contributed by atoms with van der Waals surface area (Å²) in [5, 5.41) is 5.15. The number of nitrogens with one attached hydrogen (secondary N) is 1. The van der Waals surface area contributed by atoms with E-state index in [1.165, 1.54) is 18.4 Å². The van der Waals surface area contributed by atoms with Gasteiger partial charge in [-0.3, -0.25) is 4.79 Å². The number of halogens is 1. The first-order valence-electron chi connectivity index (χ1n) is 8.37. The summed E-state index contributed by atoms with van der Waals surface area (Å²) in [5.74, 6) is 2.40. The van der Waals surface area contributed by atoms with Gasteiger partial charge in [-0.2, -0.15) is 0 Å². The van der Waals surface area contributed by atoms with Gasteiger partial charge in [-0.1, -0.05) is 11.6 Å². The van der Waals surface area contributed by atoms with E-state index in [1.54, 1.807) is 30.3 Å². The van der Waals surface area contributed by atoms with E-state index < -0.39 is 0 Å². The van der Waals surface area contributed by atoms with Gasteiger partial charge < -0.3 is 24.3 Å². The normalized spacial score (nSPS) is 11.9. The zero-order valence-corrected chi connectivity index (χ0v) is 16.4. The van der Waals surface area contributed by atoms with Crippen molar-refractivity contribution in [2.75, 3.05) is 19.2 Å². The van der Waals surface area contributed by atoms with Crippen molar-refractivity contribution in [2.45, 2.75) is 6.61 Å². The predicted octanol–water partition coefficient (Wildman–Crippen LogP) is 4.97. The molecule has 0 saturated carbocycles. The number of carbonyl (C=O) groups is 1. The van der Waals surface area contributed by atoms with Gasteiger partial charge in [0, 0.05) is 17.3 Å². The van der Waals surface area contributed by atoms with Crippen molar-refractivity contribution in [3.63, 3.8) is 0 Å². The zero-order valence-electron chi connectivity index (χ0n) is 14.9. The maximum atomic E-state index is 12.4. The molecule has 1 aromatic heterocycles. The van der Waals surface area contributed by atoms with Gasteiger partial charge in [-0.25, -0.2) is 0 Å². The van der Waals surface area contributed by atoms with Crippen LogP contribution in [0.4, 0.5) is 5.69 Å². The Bertz CT molecular complexity index is 1020. The van der Waals surface area contributed by atoms with Crippen molar-refractivity contribution in [1.29, 1.82) is 0 Å². The van der Waals surface area contributed by atoms with Gasteiger partial charge in [0.05, 0.1) is 17.0 Å². The lowest BCUT2D eigenvalue weighted by Crippen LogP contribution is -2.10. The molecule has 1 aliphatic heterocycles. The largest absolute Gasteiger partial charge is 0.495 e. The lowest BCUT2D eigenvalue weighted by molar-refractivity contribution is 0.103. The third-order valence-corrected chi connectivity index (χ3v) is 5.31. The van der Waals surface area contributed by atoms with Crippen LogP contribution in [-0.4, -0.2) is 19.8 Å². The molecule has 0 fully saturated rings. The number of ether oxygens (including phenoxy) is 4. The van der Waals surface area contributed by atoms with E-state index in [1.807, 2.05) is 17.5 Å². The summed E-state index contributed by atoms with van der Waals surface area (Å²) < 4.78 is 21.5. The maximum absolute atomic E-state index is 12.4. The summed E-state index contributed by atoms with van der Waals surface area (Å²) in [5.41, 5.74) is 1.50. The molecule has 6 nitrogen and oxygen atoms in total. The number of rotatable bonds is 6. The number of fused-ring (bicyclic) bond motifs is 1. The number of hydrogen-bond donors (Lipinski definition) is 1. The van der Waals surface area contributed by atoms with Crippen molar-refractivity contribution >= 4 is 34.5 Å². The third-order valence-electron chi connectivity index (χ3n) is 4.04. The third kappa shape index (κ3) is 4.00. The van der Waals surface area contributed by atoms with E-state index in [4.69, 9.17) is 30.5 Å². The van der Waals surface area contributed by atoms with Gasteiger partial charge >= 0.3 is 0 Å². The summed E-state index contributed by atoms with van der Waals surface area (Å²) in [6.45, 7) is 0.568. The Balaban J connectivity index is 1.37. The zero-order chi connectivity index (χ0) is 19.5. The average molecular weight is 418 g/mol. The van der Waals surface area contributed by atoms with Crippen LogP contribution >= 0.6 is 22.9 Å². The van der Waals surface area contributed by atoms with Crippen molar-refractivity contribution in [1.82, 2.24) is 0 Å². The Morgan fingerprint density at radius 3 is 2.86 bits per heavy atom. The molecule has 1 amide bonds. The predicted molar refractivity (Wildman–Crippen MR) is 107 cm³/mol. The highest BCUT2D eigenvalue weighted by Gasteiger charge is 2.15. The SMILES string of the molecule is COc1ccc(NC(=O)c2cc(COc3ccc4c(c3)OCO4)cs2)cc1Cl. The Hall–Kier alpha value is -2.90. The highest BCUT2D eigenvalue weighted by molar-refractivity contribution is 7.12. The fourth-order valence-electron chi connectivity index (χ4n) is 2.64. The molecule has 3 aromatic rings. The molecule has 2 aromatic carbocycles. The molecule has 2 heterocycles. The summed E-state index contributed by atoms with van der Waals surface area (Å²) in [6.07, 6.45) is 0. The molecule has 0 radical (unpaired) electrons. The molecule has 0 aliphatic carbocycles. The first kappa shape index (κ1) is 18.5. The summed E-state index contributed by atoms with van der Waals surface area (Å²) in [6, 6.07) is 12.3. The van der Waals surface area contributed by atoms with Crippen molar-refractivity contribution in [2.24, 2.45) is 0 Å². The van der Waals surface area contributed by atoms with Crippen LogP contribution in [-0.2, 0) is 6.61 Å². The minimum absolute atomic E-state index is 0.208. The van der Waals surface area contributed by atoms with Gasteiger partial charge in [-0.15, -0.1) is 11.3 Å². The van der Waals surface area contributed by atoms with Gasteiger partial charge in [0.2, 0.25) is 6.79 Å². The molecule has 1 N–H and O–H groups in total. The molecule has 8 heteroatoms. The van der Waals surface area contributed by atoms with E-state index in [0.29, 0.717) is 45.2 Å². The number of benzene rings is 2. The van der Waals surface area contributed by atoms with Crippen LogP contribution in [0.1, 0.15) is 15.2 Å². The lowest BCUT2D eigenvalue weighted by Gasteiger charge is -2.07. The molecular weight excluding hydrogens is 402 g/mol. The Morgan fingerprint density at radius 1 is 1.18 bits per heavy atom. The number of carbonyl (C=O) groups excluding carboxylic acids is 1. The Kier molecular flexibility index (Phi) is 5.27. The van der Waals surface area contributed by atoms with Gasteiger partial charge in [0.25, 0.3) is 5.91 Å². The van der Waals surface area contributed by atoms with E-state index in [-0.39, 0.29) is 12.7 Å². The van der Waals surface area contributed by atoms with Crippen LogP contribution in [0.15, 0.2) is 47.8 Å². The molecule has 0 bridgehead atoms.